The number of benzene rings is 1. The maximum atomic E-state index is 3.29. The summed E-state index contributed by atoms with van der Waals surface area (Å²) in [6, 6.07) is 4.59. The predicted octanol–water partition coefficient (Wildman–Crippen LogP) is 3.64. The minimum absolute atomic E-state index is 0.554. The normalized spacial score (nSPS) is 11.7. The monoisotopic (exact) mass is 244 g/mol. The van der Waals surface area contributed by atoms with E-state index in [2.05, 4.69) is 56.8 Å². The third kappa shape index (κ3) is 1.95. The van der Waals surface area contributed by atoms with Crippen LogP contribution in [0.2, 0.25) is 0 Å². The first-order chi connectivity index (χ1) is 8.47. The van der Waals surface area contributed by atoms with Crippen molar-refractivity contribution in [2.24, 2.45) is 7.05 Å². The molecule has 0 fully saturated rings. The Balaban J connectivity index is 2.87. The summed E-state index contributed by atoms with van der Waals surface area (Å²) >= 11 is 0. The van der Waals surface area contributed by atoms with Crippen molar-refractivity contribution in [1.82, 2.24) is 9.88 Å². The molecule has 98 valence electrons. The zero-order valence-electron chi connectivity index (χ0n) is 12.4. The van der Waals surface area contributed by atoms with E-state index in [1.54, 1.807) is 0 Å². The summed E-state index contributed by atoms with van der Waals surface area (Å²) in [7, 11) is 4.19. The minimum atomic E-state index is 0.554. The van der Waals surface area contributed by atoms with Crippen molar-refractivity contribution in [2.75, 3.05) is 7.05 Å². The van der Waals surface area contributed by atoms with Crippen molar-refractivity contribution in [1.29, 1.82) is 0 Å². The van der Waals surface area contributed by atoms with Gasteiger partial charge in [0.25, 0.3) is 0 Å². The summed E-state index contributed by atoms with van der Waals surface area (Å²) in [5, 5.41) is 4.74. The second kappa shape index (κ2) is 4.77. The maximum absolute atomic E-state index is 3.29. The maximum Gasteiger partial charge on any atom is 0.0488 e. The molecule has 1 heterocycles. The molecule has 1 N–H and O–H groups in total. The second-order valence-electron chi connectivity index (χ2n) is 5.58. The summed E-state index contributed by atoms with van der Waals surface area (Å²) in [5.41, 5.74) is 7.01. The van der Waals surface area contributed by atoms with Crippen LogP contribution in [-0.2, 0) is 13.6 Å². The zero-order chi connectivity index (χ0) is 13.4. The average Bonchev–Trinajstić information content (AvgIpc) is 2.54. The fourth-order valence-electron chi connectivity index (χ4n) is 3.03. The van der Waals surface area contributed by atoms with Crippen LogP contribution in [0.5, 0.6) is 0 Å². The van der Waals surface area contributed by atoms with Crippen LogP contribution in [0.1, 0.15) is 42.1 Å². The molecule has 0 amide bonds. The zero-order valence-corrected chi connectivity index (χ0v) is 12.4. The van der Waals surface area contributed by atoms with E-state index in [9.17, 15) is 0 Å². The Morgan fingerprint density at radius 3 is 2.44 bits per heavy atom. The number of nitrogens with zero attached hydrogens (tertiary/aromatic N) is 1. The van der Waals surface area contributed by atoms with Gasteiger partial charge in [-0.1, -0.05) is 19.9 Å². The Hall–Kier alpha value is -1.28. The molecule has 2 nitrogen and oxygen atoms in total. The van der Waals surface area contributed by atoms with E-state index in [0.29, 0.717) is 5.92 Å². The summed E-state index contributed by atoms with van der Waals surface area (Å²) in [6.45, 7) is 9.90. The molecule has 0 unspecified atom stereocenters. The molecule has 2 rings (SSSR count). The highest BCUT2D eigenvalue weighted by molar-refractivity contribution is 5.89. The van der Waals surface area contributed by atoms with Gasteiger partial charge in [-0.05, 0) is 49.6 Å². The van der Waals surface area contributed by atoms with Crippen LogP contribution in [0.3, 0.4) is 0 Å². The van der Waals surface area contributed by atoms with Crippen LogP contribution in [0.25, 0.3) is 10.9 Å². The van der Waals surface area contributed by atoms with Gasteiger partial charge in [-0.15, -0.1) is 0 Å². The molecule has 0 bridgehead atoms. The van der Waals surface area contributed by atoms with E-state index in [4.69, 9.17) is 0 Å². The molecule has 0 atom stereocenters. The molecule has 18 heavy (non-hydrogen) atoms. The lowest BCUT2D eigenvalue weighted by molar-refractivity contribution is 0.717. The number of nitrogens with one attached hydrogen (secondary N) is 1. The first-order valence-electron chi connectivity index (χ1n) is 6.70. The molecular formula is C16H24N2. The molecule has 0 saturated heterocycles. The molecule has 0 saturated carbocycles. The summed E-state index contributed by atoms with van der Waals surface area (Å²) in [4.78, 5) is 0. The molecule has 1 aromatic carbocycles. The highest BCUT2D eigenvalue weighted by atomic mass is 15.0. The van der Waals surface area contributed by atoms with Gasteiger partial charge in [-0.25, -0.2) is 0 Å². The van der Waals surface area contributed by atoms with Crippen LogP contribution < -0.4 is 5.32 Å². The fourth-order valence-corrected chi connectivity index (χ4v) is 3.03. The smallest absolute Gasteiger partial charge is 0.0488 e. The van der Waals surface area contributed by atoms with Gasteiger partial charge in [-0.3, -0.25) is 0 Å². The van der Waals surface area contributed by atoms with Gasteiger partial charge < -0.3 is 9.88 Å². The second-order valence-corrected chi connectivity index (χ2v) is 5.58. The van der Waals surface area contributed by atoms with Crippen LogP contribution in [-0.4, -0.2) is 11.6 Å². The lowest BCUT2D eigenvalue weighted by Crippen LogP contribution is -2.11. The van der Waals surface area contributed by atoms with Gasteiger partial charge in [0.05, 0.1) is 0 Å². The molecule has 0 radical (unpaired) electrons. The fraction of sp³-hybridized carbons (Fsp3) is 0.500. The molecule has 1 aromatic heterocycles. The topological polar surface area (TPSA) is 17.0 Å². The molecule has 0 aliphatic rings. The number of hydrogen-bond donors (Lipinski definition) is 1. The van der Waals surface area contributed by atoms with E-state index < -0.39 is 0 Å². The van der Waals surface area contributed by atoms with E-state index in [-0.39, 0.29) is 0 Å². The van der Waals surface area contributed by atoms with E-state index >= 15 is 0 Å². The van der Waals surface area contributed by atoms with Gasteiger partial charge in [0.15, 0.2) is 0 Å². The first kappa shape index (κ1) is 13.2. The standard InChI is InChI=1S/C16H24N2/c1-10(2)15-14(9-17-5)18(6)13-8-11(3)7-12(4)16(13)15/h7-8,10,17H,9H2,1-6H3. The molecule has 0 spiro atoms. The SMILES string of the molecule is CNCc1c(C(C)C)c2c(C)cc(C)cc2n1C. The largest absolute Gasteiger partial charge is 0.346 e. The molecule has 2 heteroatoms. The average molecular weight is 244 g/mol. The van der Waals surface area contributed by atoms with Gasteiger partial charge in [0, 0.05) is 30.2 Å². The van der Waals surface area contributed by atoms with Crippen LogP contribution in [0, 0.1) is 13.8 Å². The summed E-state index contributed by atoms with van der Waals surface area (Å²) < 4.78 is 2.35. The minimum Gasteiger partial charge on any atom is -0.346 e. The van der Waals surface area contributed by atoms with Crippen molar-refractivity contribution in [2.45, 2.75) is 40.2 Å². The van der Waals surface area contributed by atoms with Crippen molar-refractivity contribution < 1.29 is 0 Å². The highest BCUT2D eigenvalue weighted by Gasteiger charge is 2.18. The molecule has 0 aliphatic heterocycles. The summed E-state index contributed by atoms with van der Waals surface area (Å²) in [6.07, 6.45) is 0. The van der Waals surface area contributed by atoms with Crippen molar-refractivity contribution in [3.05, 3.63) is 34.5 Å². The van der Waals surface area contributed by atoms with Gasteiger partial charge >= 0.3 is 0 Å². The Bertz CT molecular complexity index is 577. The van der Waals surface area contributed by atoms with Gasteiger partial charge in [-0.2, -0.15) is 0 Å². The van der Waals surface area contributed by atoms with Crippen molar-refractivity contribution in [3.8, 4) is 0 Å². The highest BCUT2D eigenvalue weighted by Crippen LogP contribution is 2.34. The molecule has 2 aromatic rings. The van der Waals surface area contributed by atoms with Crippen LogP contribution >= 0.6 is 0 Å². The van der Waals surface area contributed by atoms with Gasteiger partial charge in [0.1, 0.15) is 0 Å². The lowest BCUT2D eigenvalue weighted by atomic mass is 9.95. The number of rotatable bonds is 3. The van der Waals surface area contributed by atoms with Crippen molar-refractivity contribution in [3.63, 3.8) is 0 Å². The third-order valence-corrected chi connectivity index (χ3v) is 3.73. The summed E-state index contributed by atoms with van der Waals surface area (Å²) in [5.74, 6) is 0.554. The Labute approximate surface area is 110 Å². The lowest BCUT2D eigenvalue weighted by Gasteiger charge is -2.10. The van der Waals surface area contributed by atoms with E-state index in [1.165, 1.54) is 33.3 Å². The quantitative estimate of drug-likeness (QED) is 0.872. The number of aromatic nitrogens is 1. The molecule has 0 aliphatic carbocycles. The van der Waals surface area contributed by atoms with Gasteiger partial charge in [0.2, 0.25) is 0 Å². The Kier molecular flexibility index (Phi) is 3.49. The van der Waals surface area contributed by atoms with Crippen LogP contribution in [0.4, 0.5) is 0 Å². The number of fused-ring (bicyclic) bond motifs is 1. The first-order valence-corrected chi connectivity index (χ1v) is 6.70. The number of aryl methyl sites for hydroxylation is 3. The Morgan fingerprint density at radius 2 is 1.89 bits per heavy atom. The van der Waals surface area contributed by atoms with Crippen molar-refractivity contribution >= 4 is 10.9 Å². The van der Waals surface area contributed by atoms with Crippen LogP contribution in [0.15, 0.2) is 12.1 Å². The Morgan fingerprint density at radius 1 is 1.22 bits per heavy atom. The number of hydrogen-bond acceptors (Lipinski definition) is 1. The predicted molar refractivity (Wildman–Crippen MR) is 79.2 cm³/mol. The van der Waals surface area contributed by atoms with E-state index in [1.807, 2.05) is 7.05 Å². The van der Waals surface area contributed by atoms with E-state index in [0.717, 1.165) is 6.54 Å². The third-order valence-electron chi connectivity index (χ3n) is 3.73. The molecular weight excluding hydrogens is 220 g/mol.